The average Bonchev–Trinajstić information content (AvgIpc) is 3.18. The van der Waals surface area contributed by atoms with Crippen LogP contribution in [0.2, 0.25) is 0 Å². The van der Waals surface area contributed by atoms with E-state index in [1.165, 1.54) is 18.3 Å². The molecule has 0 radical (unpaired) electrons. The van der Waals surface area contributed by atoms with E-state index in [9.17, 15) is 13.2 Å². The fourth-order valence-electron chi connectivity index (χ4n) is 3.99. The lowest BCUT2D eigenvalue weighted by atomic mass is 10.0. The van der Waals surface area contributed by atoms with E-state index in [-0.39, 0.29) is 11.7 Å². The van der Waals surface area contributed by atoms with Gasteiger partial charge in [0, 0.05) is 30.1 Å². The fraction of sp³-hybridized carbons (Fsp3) is 0.391. The van der Waals surface area contributed by atoms with Gasteiger partial charge in [-0.25, -0.2) is 13.2 Å². The van der Waals surface area contributed by atoms with Crippen molar-refractivity contribution in [2.24, 2.45) is 0 Å². The molecule has 6 nitrogen and oxygen atoms in total. The van der Waals surface area contributed by atoms with Gasteiger partial charge in [-0.2, -0.15) is 10.2 Å². The minimum absolute atomic E-state index is 0.0441. The molecule has 3 aromatic rings. The molecule has 0 aliphatic carbocycles. The number of likely N-dealkylation sites (N-methyl/N-ethyl adjacent to an activating group) is 1. The summed E-state index contributed by atoms with van der Waals surface area (Å²) >= 11 is 0. The molecule has 0 amide bonds. The molecule has 1 saturated heterocycles. The van der Waals surface area contributed by atoms with Crippen molar-refractivity contribution in [3.8, 4) is 11.5 Å². The van der Waals surface area contributed by atoms with Crippen LogP contribution in [0.15, 0.2) is 36.5 Å². The van der Waals surface area contributed by atoms with Crippen molar-refractivity contribution in [1.29, 1.82) is 0 Å². The topological polar surface area (TPSA) is 59.5 Å². The van der Waals surface area contributed by atoms with Crippen LogP contribution in [0.3, 0.4) is 0 Å². The number of alkyl halides is 2. The molecule has 2 atom stereocenters. The summed E-state index contributed by atoms with van der Waals surface area (Å²) in [4.78, 5) is 2.19. The van der Waals surface area contributed by atoms with Crippen molar-refractivity contribution in [2.75, 3.05) is 32.6 Å². The minimum Gasteiger partial charge on any atom is -0.493 e. The third-order valence-corrected chi connectivity index (χ3v) is 5.70. The Kier molecular flexibility index (Phi) is 6.36. The van der Waals surface area contributed by atoms with Crippen molar-refractivity contribution in [2.45, 2.75) is 31.9 Å². The first kappa shape index (κ1) is 22.1. The highest BCUT2D eigenvalue weighted by atomic mass is 19.3. The van der Waals surface area contributed by atoms with Crippen LogP contribution in [-0.2, 0) is 0 Å². The zero-order valence-corrected chi connectivity index (χ0v) is 18.1. The van der Waals surface area contributed by atoms with Crippen LogP contribution in [0.4, 0.5) is 18.9 Å². The predicted molar refractivity (Wildman–Crippen MR) is 116 cm³/mol. The maximum absolute atomic E-state index is 14.6. The molecule has 0 bridgehead atoms. The SMILES string of the molecule is COc1cc2nncc(N[C@H](C)c3cccc(C(F)F)c3F)c2cc1O[C@H]1CCN(C)C1. The standard InChI is InChI=1S/C23H25F3N4O2/c1-13(15-5-4-6-16(22(15)24)23(25)26)28-19-11-27-29-18-10-20(31-3)21(9-17(18)19)32-14-7-8-30(2)12-14/h4-6,9-11,13-14,23H,7-8,12H2,1-3H3,(H,28,29)/t13-,14+/m1/s1. The number of benzene rings is 2. The van der Waals surface area contributed by atoms with E-state index < -0.39 is 23.8 Å². The quantitative estimate of drug-likeness (QED) is 0.553. The molecule has 32 heavy (non-hydrogen) atoms. The molecule has 1 aliphatic heterocycles. The Hall–Kier alpha value is -3.07. The van der Waals surface area contributed by atoms with Gasteiger partial charge in [-0.05, 0) is 26.5 Å². The van der Waals surface area contributed by atoms with Crippen LogP contribution in [0.1, 0.15) is 36.9 Å². The van der Waals surface area contributed by atoms with Gasteiger partial charge in [-0.15, -0.1) is 0 Å². The second kappa shape index (κ2) is 9.20. The van der Waals surface area contributed by atoms with E-state index in [0.29, 0.717) is 28.1 Å². The molecule has 1 aromatic heterocycles. The molecule has 2 aromatic carbocycles. The molecular weight excluding hydrogens is 421 g/mol. The minimum atomic E-state index is -2.88. The van der Waals surface area contributed by atoms with Gasteiger partial charge in [0.2, 0.25) is 0 Å². The summed E-state index contributed by atoms with van der Waals surface area (Å²) in [6.07, 6.45) is -0.406. The highest BCUT2D eigenvalue weighted by molar-refractivity contribution is 5.93. The summed E-state index contributed by atoms with van der Waals surface area (Å²) in [6.45, 7) is 3.48. The molecule has 1 aliphatic rings. The summed E-state index contributed by atoms with van der Waals surface area (Å²) in [5.74, 6) is 0.210. The Morgan fingerprint density at radius 1 is 1.19 bits per heavy atom. The van der Waals surface area contributed by atoms with Crippen LogP contribution in [0.25, 0.3) is 10.9 Å². The zero-order valence-electron chi connectivity index (χ0n) is 18.1. The summed E-state index contributed by atoms with van der Waals surface area (Å²) in [5.41, 5.74) is 0.680. The van der Waals surface area contributed by atoms with Gasteiger partial charge < -0.3 is 19.7 Å². The molecule has 9 heteroatoms. The highest BCUT2D eigenvalue weighted by Crippen LogP contribution is 2.37. The summed E-state index contributed by atoms with van der Waals surface area (Å²) in [6, 6.07) is 6.98. The molecular formula is C23H25F3N4O2. The predicted octanol–water partition coefficient (Wildman–Crippen LogP) is 4.97. The maximum atomic E-state index is 14.6. The number of methoxy groups -OCH3 is 1. The number of nitrogens with zero attached hydrogens (tertiary/aromatic N) is 3. The van der Waals surface area contributed by atoms with E-state index in [2.05, 4.69) is 20.4 Å². The van der Waals surface area contributed by atoms with Crippen molar-refractivity contribution in [1.82, 2.24) is 15.1 Å². The first-order chi connectivity index (χ1) is 15.4. The molecule has 0 saturated carbocycles. The lowest BCUT2D eigenvalue weighted by molar-refractivity contribution is 0.146. The molecule has 0 unspecified atom stereocenters. The number of hydrogen-bond donors (Lipinski definition) is 1. The number of ether oxygens (including phenoxy) is 2. The van der Waals surface area contributed by atoms with Gasteiger partial charge in [0.1, 0.15) is 11.9 Å². The summed E-state index contributed by atoms with van der Waals surface area (Å²) in [7, 11) is 3.60. The normalized spacial score (nSPS) is 17.7. The second-order valence-electron chi connectivity index (χ2n) is 7.99. The molecule has 1 fully saturated rings. The van der Waals surface area contributed by atoms with Crippen LogP contribution in [-0.4, -0.2) is 48.4 Å². The van der Waals surface area contributed by atoms with Crippen molar-refractivity contribution >= 4 is 16.6 Å². The third-order valence-electron chi connectivity index (χ3n) is 5.70. The number of aromatic nitrogens is 2. The second-order valence-corrected chi connectivity index (χ2v) is 7.99. The van der Waals surface area contributed by atoms with Crippen molar-refractivity contribution in [3.63, 3.8) is 0 Å². The molecule has 1 N–H and O–H groups in total. The lowest BCUT2D eigenvalue weighted by Crippen LogP contribution is -2.21. The van der Waals surface area contributed by atoms with E-state index in [1.807, 2.05) is 13.1 Å². The molecule has 170 valence electrons. The zero-order chi connectivity index (χ0) is 22.8. The smallest absolute Gasteiger partial charge is 0.266 e. The van der Waals surface area contributed by atoms with E-state index in [4.69, 9.17) is 9.47 Å². The van der Waals surface area contributed by atoms with Gasteiger partial charge in [-0.1, -0.05) is 18.2 Å². The Morgan fingerprint density at radius 3 is 2.66 bits per heavy atom. The van der Waals surface area contributed by atoms with Crippen LogP contribution in [0.5, 0.6) is 11.5 Å². The number of fused-ring (bicyclic) bond motifs is 1. The van der Waals surface area contributed by atoms with Gasteiger partial charge >= 0.3 is 0 Å². The van der Waals surface area contributed by atoms with Gasteiger partial charge in [0.15, 0.2) is 11.5 Å². The van der Waals surface area contributed by atoms with Crippen molar-refractivity contribution < 1.29 is 22.6 Å². The number of anilines is 1. The number of halogens is 3. The van der Waals surface area contributed by atoms with Gasteiger partial charge in [-0.3, -0.25) is 0 Å². The monoisotopic (exact) mass is 446 g/mol. The number of hydrogen-bond acceptors (Lipinski definition) is 6. The van der Waals surface area contributed by atoms with Gasteiger partial charge in [0.05, 0.1) is 36.1 Å². The first-order valence-corrected chi connectivity index (χ1v) is 10.4. The van der Waals surface area contributed by atoms with E-state index >= 15 is 0 Å². The Bertz CT molecular complexity index is 1110. The van der Waals surface area contributed by atoms with Crippen LogP contribution < -0.4 is 14.8 Å². The first-order valence-electron chi connectivity index (χ1n) is 10.4. The molecule has 0 spiro atoms. The largest absolute Gasteiger partial charge is 0.493 e. The Labute approximate surface area is 184 Å². The number of rotatable bonds is 7. The van der Waals surface area contributed by atoms with Gasteiger partial charge in [0.25, 0.3) is 6.43 Å². The average molecular weight is 446 g/mol. The maximum Gasteiger partial charge on any atom is 0.266 e. The van der Waals surface area contributed by atoms with Crippen LogP contribution >= 0.6 is 0 Å². The van der Waals surface area contributed by atoms with E-state index in [1.54, 1.807) is 20.1 Å². The number of likely N-dealkylation sites (tertiary alicyclic amines) is 1. The Balaban J connectivity index is 1.67. The summed E-state index contributed by atoms with van der Waals surface area (Å²) in [5, 5.41) is 12.1. The third kappa shape index (κ3) is 4.43. The fourth-order valence-corrected chi connectivity index (χ4v) is 3.99. The molecule has 2 heterocycles. The number of nitrogens with one attached hydrogen (secondary N) is 1. The van der Waals surface area contributed by atoms with E-state index in [0.717, 1.165) is 25.6 Å². The summed E-state index contributed by atoms with van der Waals surface area (Å²) < 4.78 is 52.5. The van der Waals surface area contributed by atoms with Crippen LogP contribution in [0, 0.1) is 5.82 Å². The highest BCUT2D eigenvalue weighted by Gasteiger charge is 2.24. The lowest BCUT2D eigenvalue weighted by Gasteiger charge is -2.20. The van der Waals surface area contributed by atoms with Crippen molar-refractivity contribution in [3.05, 3.63) is 53.5 Å². The molecule has 4 rings (SSSR count). The Morgan fingerprint density at radius 2 is 1.97 bits per heavy atom.